The Labute approximate surface area is 106 Å². The van der Waals surface area contributed by atoms with E-state index >= 15 is 0 Å². The first-order valence-corrected chi connectivity index (χ1v) is 6.11. The van der Waals surface area contributed by atoms with Crippen LogP contribution in [-0.2, 0) is 17.9 Å². The maximum atomic E-state index is 11.4. The molecule has 4 heteroatoms. The SMILES string of the molecule is CC(=O)N1CCn2c(cnc2-c2ccccc2)C1. The van der Waals surface area contributed by atoms with Crippen LogP contribution in [0.4, 0.5) is 0 Å². The molecule has 18 heavy (non-hydrogen) atoms. The van der Waals surface area contributed by atoms with E-state index in [1.807, 2.05) is 29.3 Å². The molecule has 0 aliphatic carbocycles. The molecule has 1 aliphatic rings. The molecular formula is C14H15N3O. The Morgan fingerprint density at radius 3 is 2.72 bits per heavy atom. The summed E-state index contributed by atoms with van der Waals surface area (Å²) in [5.74, 6) is 1.12. The van der Waals surface area contributed by atoms with Crippen LogP contribution in [0.2, 0.25) is 0 Å². The molecule has 1 amide bonds. The number of benzene rings is 1. The number of imidazole rings is 1. The summed E-state index contributed by atoms with van der Waals surface area (Å²) in [4.78, 5) is 17.7. The number of rotatable bonds is 1. The van der Waals surface area contributed by atoms with Crippen molar-refractivity contribution in [3.63, 3.8) is 0 Å². The van der Waals surface area contributed by atoms with Gasteiger partial charge in [0.05, 0.1) is 18.4 Å². The number of fused-ring (bicyclic) bond motifs is 1. The van der Waals surface area contributed by atoms with E-state index in [0.717, 1.165) is 30.2 Å². The van der Waals surface area contributed by atoms with Gasteiger partial charge in [0, 0.05) is 25.6 Å². The molecule has 0 saturated carbocycles. The number of nitrogens with zero attached hydrogens (tertiary/aromatic N) is 3. The fraction of sp³-hybridized carbons (Fsp3) is 0.286. The quantitative estimate of drug-likeness (QED) is 0.765. The molecule has 0 bridgehead atoms. The summed E-state index contributed by atoms with van der Waals surface area (Å²) < 4.78 is 2.20. The van der Waals surface area contributed by atoms with Gasteiger partial charge in [-0.25, -0.2) is 4.98 Å². The van der Waals surface area contributed by atoms with Gasteiger partial charge in [-0.05, 0) is 0 Å². The number of carbonyl (C=O) groups is 1. The summed E-state index contributed by atoms with van der Waals surface area (Å²) in [5, 5.41) is 0. The standard InChI is InChI=1S/C14H15N3O/c1-11(18)16-7-8-17-13(10-16)9-15-14(17)12-5-3-2-4-6-12/h2-6,9H,7-8,10H2,1H3. The highest BCUT2D eigenvalue weighted by Crippen LogP contribution is 2.22. The number of hydrogen-bond acceptors (Lipinski definition) is 2. The first-order chi connectivity index (χ1) is 8.75. The van der Waals surface area contributed by atoms with Crippen LogP contribution in [0.5, 0.6) is 0 Å². The van der Waals surface area contributed by atoms with Crippen LogP contribution >= 0.6 is 0 Å². The van der Waals surface area contributed by atoms with Crippen molar-refractivity contribution in [2.75, 3.05) is 6.54 Å². The van der Waals surface area contributed by atoms with E-state index in [2.05, 4.69) is 21.7 Å². The molecule has 0 N–H and O–H groups in total. The summed E-state index contributed by atoms with van der Waals surface area (Å²) >= 11 is 0. The van der Waals surface area contributed by atoms with Gasteiger partial charge >= 0.3 is 0 Å². The van der Waals surface area contributed by atoms with Crippen molar-refractivity contribution in [2.24, 2.45) is 0 Å². The lowest BCUT2D eigenvalue weighted by molar-refractivity contribution is -0.130. The predicted octanol–water partition coefficient (Wildman–Crippen LogP) is 1.91. The number of amides is 1. The summed E-state index contributed by atoms with van der Waals surface area (Å²) in [6.45, 7) is 3.86. The minimum Gasteiger partial charge on any atom is -0.335 e. The van der Waals surface area contributed by atoms with E-state index in [9.17, 15) is 4.79 Å². The Kier molecular flexibility index (Phi) is 2.63. The molecule has 2 heterocycles. The summed E-state index contributed by atoms with van der Waals surface area (Å²) in [6, 6.07) is 10.2. The average Bonchev–Trinajstić information content (AvgIpc) is 2.82. The Morgan fingerprint density at radius 2 is 2.00 bits per heavy atom. The smallest absolute Gasteiger partial charge is 0.219 e. The first kappa shape index (κ1) is 11.0. The summed E-state index contributed by atoms with van der Waals surface area (Å²) in [7, 11) is 0. The highest BCUT2D eigenvalue weighted by molar-refractivity contribution is 5.73. The second-order valence-electron chi connectivity index (χ2n) is 4.53. The second-order valence-corrected chi connectivity index (χ2v) is 4.53. The lowest BCUT2D eigenvalue weighted by Crippen LogP contribution is -2.36. The third-order valence-electron chi connectivity index (χ3n) is 3.36. The van der Waals surface area contributed by atoms with E-state index in [4.69, 9.17) is 0 Å². The lowest BCUT2D eigenvalue weighted by Gasteiger charge is -2.28. The molecule has 3 rings (SSSR count). The normalized spacial score (nSPS) is 14.4. The Bertz CT molecular complexity index is 574. The molecule has 0 spiro atoms. The molecule has 2 aromatic rings. The van der Waals surface area contributed by atoms with E-state index in [-0.39, 0.29) is 5.91 Å². The van der Waals surface area contributed by atoms with Gasteiger partial charge in [0.1, 0.15) is 5.82 Å². The third kappa shape index (κ3) is 1.79. The van der Waals surface area contributed by atoms with Crippen LogP contribution < -0.4 is 0 Å². The minimum atomic E-state index is 0.128. The fourth-order valence-corrected chi connectivity index (χ4v) is 2.37. The monoisotopic (exact) mass is 241 g/mol. The van der Waals surface area contributed by atoms with E-state index in [0.29, 0.717) is 6.54 Å². The van der Waals surface area contributed by atoms with Gasteiger partial charge in [0.15, 0.2) is 0 Å². The molecule has 0 fully saturated rings. The van der Waals surface area contributed by atoms with Crippen LogP contribution in [0.3, 0.4) is 0 Å². The van der Waals surface area contributed by atoms with Crippen molar-refractivity contribution in [1.82, 2.24) is 14.5 Å². The lowest BCUT2D eigenvalue weighted by atomic mass is 10.2. The zero-order valence-corrected chi connectivity index (χ0v) is 10.3. The maximum Gasteiger partial charge on any atom is 0.219 e. The van der Waals surface area contributed by atoms with Crippen molar-refractivity contribution in [1.29, 1.82) is 0 Å². The molecule has 1 aromatic carbocycles. The van der Waals surface area contributed by atoms with Crippen LogP contribution in [0.25, 0.3) is 11.4 Å². The zero-order valence-electron chi connectivity index (χ0n) is 10.3. The van der Waals surface area contributed by atoms with Crippen LogP contribution in [0.15, 0.2) is 36.5 Å². The average molecular weight is 241 g/mol. The zero-order chi connectivity index (χ0) is 12.5. The topological polar surface area (TPSA) is 38.1 Å². The molecule has 1 aromatic heterocycles. The molecule has 1 aliphatic heterocycles. The van der Waals surface area contributed by atoms with E-state index in [1.54, 1.807) is 6.92 Å². The maximum absolute atomic E-state index is 11.4. The number of hydrogen-bond donors (Lipinski definition) is 0. The van der Waals surface area contributed by atoms with Crippen molar-refractivity contribution >= 4 is 5.91 Å². The first-order valence-electron chi connectivity index (χ1n) is 6.11. The van der Waals surface area contributed by atoms with Gasteiger partial charge in [-0.3, -0.25) is 4.79 Å². The van der Waals surface area contributed by atoms with Gasteiger partial charge < -0.3 is 9.47 Å². The predicted molar refractivity (Wildman–Crippen MR) is 68.8 cm³/mol. The summed E-state index contributed by atoms with van der Waals surface area (Å²) in [5.41, 5.74) is 2.23. The van der Waals surface area contributed by atoms with Crippen LogP contribution in [0, 0.1) is 0 Å². The highest BCUT2D eigenvalue weighted by Gasteiger charge is 2.21. The third-order valence-corrected chi connectivity index (χ3v) is 3.36. The van der Waals surface area contributed by atoms with Crippen molar-refractivity contribution in [2.45, 2.75) is 20.0 Å². The van der Waals surface area contributed by atoms with Gasteiger partial charge in [0.25, 0.3) is 0 Å². The Morgan fingerprint density at radius 1 is 1.22 bits per heavy atom. The van der Waals surface area contributed by atoms with Crippen molar-refractivity contribution in [3.8, 4) is 11.4 Å². The van der Waals surface area contributed by atoms with Gasteiger partial charge in [-0.2, -0.15) is 0 Å². The molecule has 92 valence electrons. The minimum absolute atomic E-state index is 0.128. The van der Waals surface area contributed by atoms with Crippen molar-refractivity contribution < 1.29 is 4.79 Å². The molecular weight excluding hydrogens is 226 g/mol. The number of aromatic nitrogens is 2. The molecule has 0 saturated heterocycles. The van der Waals surface area contributed by atoms with E-state index < -0.39 is 0 Å². The highest BCUT2D eigenvalue weighted by atomic mass is 16.2. The second kappa shape index (κ2) is 4.29. The Hall–Kier alpha value is -2.10. The van der Waals surface area contributed by atoms with Gasteiger partial charge in [-0.1, -0.05) is 30.3 Å². The largest absolute Gasteiger partial charge is 0.335 e. The Balaban J connectivity index is 1.96. The molecule has 0 atom stereocenters. The molecule has 0 radical (unpaired) electrons. The molecule has 4 nitrogen and oxygen atoms in total. The van der Waals surface area contributed by atoms with Gasteiger partial charge in [-0.15, -0.1) is 0 Å². The number of carbonyl (C=O) groups excluding carboxylic acids is 1. The fourth-order valence-electron chi connectivity index (χ4n) is 2.37. The van der Waals surface area contributed by atoms with Crippen molar-refractivity contribution in [3.05, 3.63) is 42.2 Å². The van der Waals surface area contributed by atoms with Crippen LogP contribution in [0.1, 0.15) is 12.6 Å². The summed E-state index contributed by atoms with van der Waals surface area (Å²) in [6.07, 6.45) is 1.87. The van der Waals surface area contributed by atoms with E-state index in [1.165, 1.54) is 0 Å². The van der Waals surface area contributed by atoms with Gasteiger partial charge in [0.2, 0.25) is 5.91 Å². The molecule has 0 unspecified atom stereocenters. The van der Waals surface area contributed by atoms with Crippen LogP contribution in [-0.4, -0.2) is 26.9 Å².